The Morgan fingerprint density at radius 1 is 1.35 bits per heavy atom. The summed E-state index contributed by atoms with van der Waals surface area (Å²) in [6.07, 6.45) is 2.42. The molecule has 0 unspecified atom stereocenters. The van der Waals surface area contributed by atoms with Gasteiger partial charge in [-0.05, 0) is 43.5 Å². The lowest BCUT2D eigenvalue weighted by Gasteiger charge is -2.27. The second-order valence-electron chi connectivity index (χ2n) is 4.88. The fourth-order valence-corrected chi connectivity index (χ4v) is 2.83. The molecule has 0 N–H and O–H groups in total. The molecule has 1 saturated heterocycles. The quantitative estimate of drug-likeness (QED) is 0.845. The van der Waals surface area contributed by atoms with Crippen molar-refractivity contribution < 1.29 is 4.74 Å². The number of benzene rings is 1. The first-order valence-corrected chi connectivity index (χ1v) is 7.04. The molecule has 0 bridgehead atoms. The van der Waals surface area contributed by atoms with Crippen LogP contribution in [0.1, 0.15) is 18.4 Å². The average Bonchev–Trinajstić information content (AvgIpc) is 2.30. The van der Waals surface area contributed by atoms with Gasteiger partial charge in [-0.2, -0.15) is 0 Å². The fourth-order valence-electron chi connectivity index (χ4n) is 2.38. The Bertz CT molecular complexity index is 350. The number of nitrogens with zero attached hydrogens (tertiary/aromatic N) is 1. The highest BCUT2D eigenvalue weighted by atomic mass is 79.9. The summed E-state index contributed by atoms with van der Waals surface area (Å²) in [5.41, 5.74) is 1.37. The number of ether oxygens (including phenoxy) is 1. The molecule has 3 heteroatoms. The van der Waals surface area contributed by atoms with E-state index in [0.717, 1.165) is 30.1 Å². The van der Waals surface area contributed by atoms with Gasteiger partial charge in [-0.3, -0.25) is 0 Å². The zero-order valence-electron chi connectivity index (χ0n) is 10.4. The van der Waals surface area contributed by atoms with Crippen LogP contribution in [0.5, 0.6) is 0 Å². The fraction of sp³-hybridized carbons (Fsp3) is 0.571. The van der Waals surface area contributed by atoms with E-state index in [1.165, 1.54) is 24.9 Å². The number of halogens is 1. The van der Waals surface area contributed by atoms with Crippen LogP contribution >= 0.6 is 15.9 Å². The van der Waals surface area contributed by atoms with Crippen LogP contribution in [-0.4, -0.2) is 31.7 Å². The van der Waals surface area contributed by atoms with E-state index in [-0.39, 0.29) is 0 Å². The van der Waals surface area contributed by atoms with Crippen molar-refractivity contribution in [2.75, 3.05) is 26.8 Å². The Morgan fingerprint density at radius 3 is 2.82 bits per heavy atom. The molecule has 0 aliphatic carbocycles. The van der Waals surface area contributed by atoms with Gasteiger partial charge in [0.25, 0.3) is 0 Å². The van der Waals surface area contributed by atoms with Crippen molar-refractivity contribution in [2.24, 2.45) is 5.92 Å². The van der Waals surface area contributed by atoms with Crippen molar-refractivity contribution in [1.29, 1.82) is 0 Å². The number of rotatable bonds is 4. The van der Waals surface area contributed by atoms with Crippen LogP contribution < -0.4 is 0 Å². The molecule has 1 fully saturated rings. The van der Waals surface area contributed by atoms with Gasteiger partial charge < -0.3 is 9.64 Å². The van der Waals surface area contributed by atoms with E-state index in [9.17, 15) is 0 Å². The van der Waals surface area contributed by atoms with Gasteiger partial charge in [0.15, 0.2) is 0 Å². The minimum Gasteiger partial charge on any atom is -0.381 e. The molecule has 1 aromatic carbocycles. The lowest BCUT2D eigenvalue weighted by Crippen LogP contribution is -2.29. The predicted octanol–water partition coefficient (Wildman–Crippen LogP) is 3.31. The first-order chi connectivity index (χ1) is 8.24. The summed E-state index contributed by atoms with van der Waals surface area (Å²) in [5, 5.41) is 0. The Hall–Kier alpha value is -0.380. The van der Waals surface area contributed by atoms with Gasteiger partial charge in [0.05, 0.1) is 0 Å². The maximum absolute atomic E-state index is 5.39. The minimum absolute atomic E-state index is 0.806. The van der Waals surface area contributed by atoms with Crippen LogP contribution in [-0.2, 0) is 11.3 Å². The van der Waals surface area contributed by atoms with E-state index < -0.39 is 0 Å². The second kappa shape index (κ2) is 6.53. The highest BCUT2D eigenvalue weighted by Crippen LogP contribution is 2.17. The summed E-state index contributed by atoms with van der Waals surface area (Å²) >= 11 is 3.52. The summed E-state index contributed by atoms with van der Waals surface area (Å²) in [7, 11) is 2.20. The smallest absolute Gasteiger partial charge is 0.0469 e. The Morgan fingerprint density at radius 2 is 2.12 bits per heavy atom. The first-order valence-electron chi connectivity index (χ1n) is 6.25. The summed E-state index contributed by atoms with van der Waals surface area (Å²) in [6.45, 7) is 4.08. The summed E-state index contributed by atoms with van der Waals surface area (Å²) in [6, 6.07) is 8.55. The Kier molecular flexibility index (Phi) is 5.01. The lowest BCUT2D eigenvalue weighted by molar-refractivity contribution is 0.0549. The Labute approximate surface area is 112 Å². The molecule has 0 atom stereocenters. The van der Waals surface area contributed by atoms with E-state index in [1.807, 2.05) is 0 Å². The molecule has 1 aromatic rings. The third kappa shape index (κ3) is 4.41. The van der Waals surface area contributed by atoms with Crippen molar-refractivity contribution in [3.05, 3.63) is 34.3 Å². The van der Waals surface area contributed by atoms with Crippen LogP contribution in [0.25, 0.3) is 0 Å². The topological polar surface area (TPSA) is 12.5 Å². The number of hydrogen-bond acceptors (Lipinski definition) is 2. The van der Waals surface area contributed by atoms with Gasteiger partial charge in [-0.25, -0.2) is 0 Å². The van der Waals surface area contributed by atoms with Crippen molar-refractivity contribution in [3.8, 4) is 0 Å². The van der Waals surface area contributed by atoms with Crippen molar-refractivity contribution >= 4 is 15.9 Å². The third-order valence-electron chi connectivity index (χ3n) is 3.25. The summed E-state index contributed by atoms with van der Waals surface area (Å²) in [5.74, 6) is 0.806. The monoisotopic (exact) mass is 297 g/mol. The standard InChI is InChI=1S/C14H20BrNO/c1-16(10-12-5-7-17-8-6-12)11-13-3-2-4-14(15)9-13/h2-4,9,12H,5-8,10-11H2,1H3. The molecule has 1 aliphatic heterocycles. The van der Waals surface area contributed by atoms with Crippen LogP contribution in [0.15, 0.2) is 28.7 Å². The zero-order chi connectivity index (χ0) is 12.1. The van der Waals surface area contributed by atoms with Gasteiger partial charge in [0, 0.05) is 30.8 Å². The maximum atomic E-state index is 5.39. The molecular weight excluding hydrogens is 278 g/mol. The molecule has 0 radical (unpaired) electrons. The molecule has 17 heavy (non-hydrogen) atoms. The van der Waals surface area contributed by atoms with Crippen LogP contribution in [0.2, 0.25) is 0 Å². The van der Waals surface area contributed by atoms with Gasteiger partial charge in [-0.1, -0.05) is 28.1 Å². The molecule has 0 spiro atoms. The Balaban J connectivity index is 1.82. The lowest BCUT2D eigenvalue weighted by atomic mass is 10.00. The van der Waals surface area contributed by atoms with E-state index in [1.54, 1.807) is 0 Å². The highest BCUT2D eigenvalue weighted by Gasteiger charge is 2.15. The van der Waals surface area contributed by atoms with E-state index in [4.69, 9.17) is 4.74 Å². The molecule has 0 aromatic heterocycles. The summed E-state index contributed by atoms with van der Waals surface area (Å²) < 4.78 is 6.55. The maximum Gasteiger partial charge on any atom is 0.0469 e. The normalized spacial score (nSPS) is 17.6. The van der Waals surface area contributed by atoms with Crippen LogP contribution in [0.3, 0.4) is 0 Å². The van der Waals surface area contributed by atoms with Gasteiger partial charge >= 0.3 is 0 Å². The second-order valence-corrected chi connectivity index (χ2v) is 5.80. The van der Waals surface area contributed by atoms with Gasteiger partial charge in [0.2, 0.25) is 0 Å². The van der Waals surface area contributed by atoms with Crippen LogP contribution in [0.4, 0.5) is 0 Å². The highest BCUT2D eigenvalue weighted by molar-refractivity contribution is 9.10. The molecule has 0 saturated carbocycles. The predicted molar refractivity (Wildman–Crippen MR) is 74.0 cm³/mol. The molecule has 94 valence electrons. The molecule has 1 aliphatic rings. The molecule has 2 nitrogen and oxygen atoms in total. The van der Waals surface area contributed by atoms with Gasteiger partial charge in [0.1, 0.15) is 0 Å². The van der Waals surface area contributed by atoms with E-state index >= 15 is 0 Å². The molecular formula is C14H20BrNO. The van der Waals surface area contributed by atoms with E-state index in [2.05, 4.69) is 52.1 Å². The molecule has 2 rings (SSSR count). The van der Waals surface area contributed by atoms with Gasteiger partial charge in [-0.15, -0.1) is 0 Å². The zero-order valence-corrected chi connectivity index (χ0v) is 11.9. The number of hydrogen-bond donors (Lipinski definition) is 0. The SMILES string of the molecule is CN(Cc1cccc(Br)c1)CC1CCOCC1. The average molecular weight is 298 g/mol. The third-order valence-corrected chi connectivity index (χ3v) is 3.75. The summed E-state index contributed by atoms with van der Waals surface area (Å²) in [4.78, 5) is 2.41. The first kappa shape index (κ1) is 13.1. The largest absolute Gasteiger partial charge is 0.381 e. The molecule has 1 heterocycles. The van der Waals surface area contributed by atoms with Crippen LogP contribution in [0, 0.1) is 5.92 Å². The van der Waals surface area contributed by atoms with E-state index in [0.29, 0.717) is 0 Å². The molecule has 0 amide bonds. The minimum atomic E-state index is 0.806. The van der Waals surface area contributed by atoms with Crippen molar-refractivity contribution in [3.63, 3.8) is 0 Å². The van der Waals surface area contributed by atoms with Crippen molar-refractivity contribution in [1.82, 2.24) is 4.90 Å². The van der Waals surface area contributed by atoms with Crippen molar-refractivity contribution in [2.45, 2.75) is 19.4 Å².